The Bertz CT molecular complexity index is 1400. The minimum atomic E-state index is -3.98. The number of pyridine rings is 1. The van der Waals surface area contributed by atoms with Crippen LogP contribution in [-0.2, 0) is 16.6 Å². The number of nitrogens with zero attached hydrogens (tertiary/aromatic N) is 4. The van der Waals surface area contributed by atoms with Gasteiger partial charge in [0.05, 0.1) is 9.92 Å². The molecule has 1 amide bonds. The van der Waals surface area contributed by atoms with Crippen molar-refractivity contribution in [3.8, 4) is 5.82 Å². The maximum Gasteiger partial charge on any atom is 0.261 e. The van der Waals surface area contributed by atoms with Crippen LogP contribution in [0.25, 0.3) is 5.82 Å². The quantitative estimate of drug-likeness (QED) is 0.414. The number of sulfonamides is 1. The van der Waals surface area contributed by atoms with Crippen molar-refractivity contribution in [2.75, 3.05) is 4.72 Å². The zero-order valence-electron chi connectivity index (χ0n) is 16.8. The van der Waals surface area contributed by atoms with E-state index in [1.165, 1.54) is 41.6 Å². The van der Waals surface area contributed by atoms with Crippen LogP contribution in [0.5, 0.6) is 0 Å². The van der Waals surface area contributed by atoms with E-state index in [2.05, 4.69) is 25.1 Å². The number of benzene rings is 2. The van der Waals surface area contributed by atoms with Gasteiger partial charge in [-0.25, -0.2) is 27.5 Å². The predicted octanol–water partition coefficient (Wildman–Crippen LogP) is 3.19. The van der Waals surface area contributed by atoms with Crippen LogP contribution in [0.1, 0.15) is 15.9 Å². The fraction of sp³-hybridized carbons (Fsp3) is 0.0476. The van der Waals surface area contributed by atoms with E-state index in [1.807, 2.05) is 6.07 Å². The van der Waals surface area contributed by atoms with Gasteiger partial charge in [0.15, 0.2) is 5.82 Å². The number of nitrogens with one attached hydrogen (secondary N) is 2. The van der Waals surface area contributed by atoms with Crippen LogP contribution < -0.4 is 10.0 Å². The van der Waals surface area contributed by atoms with Crippen molar-refractivity contribution in [3.63, 3.8) is 0 Å². The Balaban J connectivity index is 1.42. The van der Waals surface area contributed by atoms with Crippen LogP contribution >= 0.6 is 11.6 Å². The molecule has 168 valence electrons. The second kappa shape index (κ2) is 9.35. The van der Waals surface area contributed by atoms with E-state index in [0.717, 1.165) is 23.8 Å². The lowest BCUT2D eigenvalue weighted by Gasteiger charge is -2.11. The lowest BCUT2D eigenvalue weighted by molar-refractivity contribution is 0.0951. The van der Waals surface area contributed by atoms with Gasteiger partial charge in [0, 0.05) is 29.6 Å². The van der Waals surface area contributed by atoms with Gasteiger partial charge in [-0.15, -0.1) is 0 Å². The fourth-order valence-electron chi connectivity index (χ4n) is 2.92. The van der Waals surface area contributed by atoms with Crippen molar-refractivity contribution in [2.24, 2.45) is 0 Å². The number of carbonyl (C=O) groups excluding carboxylic acids is 1. The lowest BCUT2D eigenvalue weighted by Crippen LogP contribution is -2.24. The number of carbonyl (C=O) groups is 1. The molecule has 0 bridgehead atoms. The van der Waals surface area contributed by atoms with Crippen LogP contribution in [0.3, 0.4) is 0 Å². The zero-order chi connectivity index (χ0) is 23.4. The van der Waals surface area contributed by atoms with E-state index in [0.29, 0.717) is 11.4 Å². The Morgan fingerprint density at radius 2 is 1.91 bits per heavy atom. The van der Waals surface area contributed by atoms with Crippen LogP contribution in [0.4, 0.5) is 10.1 Å². The first-order valence-corrected chi connectivity index (χ1v) is 11.3. The molecule has 0 saturated carbocycles. The Hall–Kier alpha value is -3.83. The summed E-state index contributed by atoms with van der Waals surface area (Å²) >= 11 is 5.67. The summed E-state index contributed by atoms with van der Waals surface area (Å²) in [6.45, 7) is 0.196. The number of anilines is 1. The molecule has 0 aliphatic heterocycles. The van der Waals surface area contributed by atoms with Crippen molar-refractivity contribution in [1.29, 1.82) is 0 Å². The minimum absolute atomic E-state index is 0.185. The minimum Gasteiger partial charge on any atom is -0.348 e. The molecular weight excluding hydrogens is 471 g/mol. The summed E-state index contributed by atoms with van der Waals surface area (Å²) in [4.78, 5) is 20.5. The smallest absolute Gasteiger partial charge is 0.261 e. The van der Waals surface area contributed by atoms with Crippen LogP contribution in [-0.4, -0.2) is 34.1 Å². The molecule has 0 aliphatic rings. The van der Waals surface area contributed by atoms with Crippen molar-refractivity contribution in [2.45, 2.75) is 11.4 Å². The van der Waals surface area contributed by atoms with Gasteiger partial charge in [0.2, 0.25) is 0 Å². The van der Waals surface area contributed by atoms with E-state index in [9.17, 15) is 17.6 Å². The number of amides is 1. The van der Waals surface area contributed by atoms with Gasteiger partial charge in [-0.3, -0.25) is 9.52 Å². The van der Waals surface area contributed by atoms with Gasteiger partial charge in [-0.1, -0.05) is 17.7 Å². The van der Waals surface area contributed by atoms with E-state index in [-0.39, 0.29) is 28.1 Å². The van der Waals surface area contributed by atoms with Gasteiger partial charge in [-0.05, 0) is 48.5 Å². The van der Waals surface area contributed by atoms with Crippen molar-refractivity contribution in [3.05, 3.63) is 95.4 Å². The number of aromatic nitrogens is 4. The molecule has 0 atom stereocenters. The first-order chi connectivity index (χ1) is 15.8. The van der Waals surface area contributed by atoms with Gasteiger partial charge in [0.25, 0.3) is 15.9 Å². The summed E-state index contributed by atoms with van der Waals surface area (Å²) in [5, 5.41) is 6.54. The van der Waals surface area contributed by atoms with Crippen LogP contribution in [0, 0.1) is 5.82 Å². The molecule has 12 heteroatoms. The van der Waals surface area contributed by atoms with E-state index in [4.69, 9.17) is 11.6 Å². The third-order valence-corrected chi connectivity index (χ3v) is 6.21. The summed E-state index contributed by atoms with van der Waals surface area (Å²) in [5.74, 6) is -0.533. The second-order valence-corrected chi connectivity index (χ2v) is 8.86. The first kappa shape index (κ1) is 22.4. The maximum absolute atomic E-state index is 13.3. The molecule has 0 fully saturated rings. The molecule has 9 nitrogen and oxygen atoms in total. The number of hydrogen-bond donors (Lipinski definition) is 2. The molecule has 0 unspecified atom stereocenters. The van der Waals surface area contributed by atoms with Gasteiger partial charge in [0.1, 0.15) is 18.5 Å². The van der Waals surface area contributed by atoms with Crippen molar-refractivity contribution < 1.29 is 17.6 Å². The highest BCUT2D eigenvalue weighted by Gasteiger charge is 2.17. The van der Waals surface area contributed by atoms with Gasteiger partial charge < -0.3 is 5.32 Å². The molecule has 0 radical (unpaired) electrons. The summed E-state index contributed by atoms with van der Waals surface area (Å²) in [6.07, 6.45) is 4.51. The molecule has 2 heterocycles. The number of halogens is 2. The fourth-order valence-corrected chi connectivity index (χ4v) is 4.25. The standard InChI is InChI=1S/C21H16ClFN6O3S/c22-18-10-17(7-8-19(18)23)33(31,32)28-16-5-3-14(4-6-16)21(30)26-11-15-2-1-9-25-20(15)29-13-24-12-27-29/h1-10,12-13,28H,11H2,(H,26,30). The first-order valence-electron chi connectivity index (χ1n) is 9.48. The molecule has 2 aromatic heterocycles. The summed E-state index contributed by atoms with van der Waals surface area (Å²) in [5.41, 5.74) is 1.29. The third-order valence-electron chi connectivity index (χ3n) is 4.54. The molecule has 4 aromatic rings. The summed E-state index contributed by atoms with van der Waals surface area (Å²) in [7, 11) is -3.98. The molecule has 33 heavy (non-hydrogen) atoms. The molecule has 0 aliphatic carbocycles. The van der Waals surface area contributed by atoms with Gasteiger partial charge in [-0.2, -0.15) is 5.10 Å². The Kier molecular flexibility index (Phi) is 6.33. The SMILES string of the molecule is O=C(NCc1cccnc1-n1cncn1)c1ccc(NS(=O)(=O)c2ccc(F)c(Cl)c2)cc1. The average molecular weight is 487 g/mol. The average Bonchev–Trinajstić information content (AvgIpc) is 3.34. The number of rotatable bonds is 7. The Morgan fingerprint density at radius 1 is 1.12 bits per heavy atom. The maximum atomic E-state index is 13.3. The normalized spacial score (nSPS) is 11.2. The summed E-state index contributed by atoms with van der Waals surface area (Å²) in [6, 6.07) is 12.5. The second-order valence-electron chi connectivity index (χ2n) is 6.77. The summed E-state index contributed by atoms with van der Waals surface area (Å²) < 4.78 is 42.1. The van der Waals surface area contributed by atoms with E-state index < -0.39 is 15.8 Å². The highest BCUT2D eigenvalue weighted by atomic mass is 35.5. The number of hydrogen-bond acceptors (Lipinski definition) is 6. The molecule has 0 saturated heterocycles. The van der Waals surface area contributed by atoms with Crippen LogP contribution in [0.15, 0.2) is 78.3 Å². The van der Waals surface area contributed by atoms with E-state index >= 15 is 0 Å². The predicted molar refractivity (Wildman–Crippen MR) is 119 cm³/mol. The Labute approximate surface area is 193 Å². The molecule has 2 aromatic carbocycles. The molecule has 4 rings (SSSR count). The molecule has 0 spiro atoms. The largest absolute Gasteiger partial charge is 0.348 e. The monoisotopic (exact) mass is 486 g/mol. The lowest BCUT2D eigenvalue weighted by atomic mass is 10.2. The topological polar surface area (TPSA) is 119 Å². The highest BCUT2D eigenvalue weighted by molar-refractivity contribution is 7.92. The molecule has 2 N–H and O–H groups in total. The molecular formula is C21H16ClFN6O3S. The van der Waals surface area contributed by atoms with Crippen LogP contribution in [0.2, 0.25) is 5.02 Å². The van der Waals surface area contributed by atoms with Crippen molar-refractivity contribution in [1.82, 2.24) is 25.1 Å². The van der Waals surface area contributed by atoms with E-state index in [1.54, 1.807) is 12.3 Å². The van der Waals surface area contributed by atoms with Gasteiger partial charge >= 0.3 is 0 Å². The van der Waals surface area contributed by atoms with Crippen molar-refractivity contribution >= 4 is 33.2 Å². The zero-order valence-corrected chi connectivity index (χ0v) is 18.4. The third kappa shape index (κ3) is 5.16. The highest BCUT2D eigenvalue weighted by Crippen LogP contribution is 2.22. The Morgan fingerprint density at radius 3 is 2.61 bits per heavy atom.